The Morgan fingerprint density at radius 1 is 0.298 bits per heavy atom. The highest BCUT2D eigenvalue weighted by Gasteiger charge is 2.22. The minimum atomic E-state index is 0.616. The first-order valence-electron chi connectivity index (χ1n) is 19.3. The molecule has 11 rings (SSSR count). The number of hydrogen-bond donors (Lipinski definition) is 0. The van der Waals surface area contributed by atoms with Gasteiger partial charge in [-0.2, -0.15) is 0 Å². The highest BCUT2D eigenvalue weighted by atomic mass is 15.0. The van der Waals surface area contributed by atoms with E-state index in [1.807, 2.05) is 24.3 Å². The molecule has 266 valence electrons. The molecule has 0 radical (unpaired) electrons. The summed E-state index contributed by atoms with van der Waals surface area (Å²) in [5, 5.41) is 7.24. The van der Waals surface area contributed by atoms with Crippen molar-refractivity contribution in [2.75, 3.05) is 0 Å². The van der Waals surface area contributed by atoms with E-state index < -0.39 is 0 Å². The molecule has 0 amide bonds. The molecule has 0 aliphatic carbocycles. The average Bonchev–Trinajstić information content (AvgIpc) is 3.63. The normalized spacial score (nSPS) is 11.5. The quantitative estimate of drug-likeness (QED) is 0.160. The van der Waals surface area contributed by atoms with Crippen LogP contribution in [0.5, 0.6) is 0 Å². The maximum atomic E-state index is 5.26. The fraction of sp³-hybridized carbons (Fsp3) is 0. The molecule has 0 unspecified atom stereocenters. The second-order valence-electron chi connectivity index (χ2n) is 14.4. The van der Waals surface area contributed by atoms with Crippen LogP contribution < -0.4 is 0 Å². The lowest BCUT2D eigenvalue weighted by molar-refractivity contribution is 1.07. The van der Waals surface area contributed by atoms with Gasteiger partial charge in [0.25, 0.3) is 0 Å². The van der Waals surface area contributed by atoms with Gasteiger partial charge in [0.05, 0.1) is 16.7 Å². The van der Waals surface area contributed by atoms with Gasteiger partial charge in [0, 0.05) is 32.8 Å². The monoisotopic (exact) mass is 726 g/mol. The predicted molar refractivity (Wildman–Crippen MR) is 236 cm³/mol. The van der Waals surface area contributed by atoms with E-state index in [4.69, 9.17) is 15.0 Å². The Hall–Kier alpha value is -7.69. The van der Waals surface area contributed by atoms with Crippen LogP contribution in [-0.4, -0.2) is 19.5 Å². The molecular formula is C53H34N4. The summed E-state index contributed by atoms with van der Waals surface area (Å²) in [5.41, 5.74) is 10.7. The molecule has 2 aromatic heterocycles. The van der Waals surface area contributed by atoms with Gasteiger partial charge in [0.15, 0.2) is 17.5 Å². The topological polar surface area (TPSA) is 43.6 Å². The Balaban J connectivity index is 1.21. The molecule has 11 aromatic rings. The minimum absolute atomic E-state index is 0.616. The molecule has 9 aromatic carbocycles. The Labute approximate surface area is 330 Å². The molecule has 0 saturated heterocycles. The van der Waals surface area contributed by atoms with Crippen LogP contribution in [0.25, 0.3) is 105 Å². The van der Waals surface area contributed by atoms with Gasteiger partial charge in [-0.15, -0.1) is 0 Å². The summed E-state index contributed by atoms with van der Waals surface area (Å²) in [5.74, 6) is 1.87. The molecule has 4 nitrogen and oxygen atoms in total. The number of fused-ring (bicyclic) bond motifs is 6. The third-order valence-corrected chi connectivity index (χ3v) is 11.0. The molecule has 0 aliphatic heterocycles. The highest BCUT2D eigenvalue weighted by molar-refractivity contribution is 6.19. The van der Waals surface area contributed by atoms with Crippen molar-refractivity contribution in [3.8, 4) is 62.1 Å². The minimum Gasteiger partial charge on any atom is -0.309 e. The fourth-order valence-corrected chi connectivity index (χ4v) is 8.34. The van der Waals surface area contributed by atoms with Gasteiger partial charge in [-0.3, -0.25) is 0 Å². The molecule has 0 saturated carbocycles. The number of para-hydroxylation sites is 1. The molecule has 0 bridgehead atoms. The van der Waals surface area contributed by atoms with Gasteiger partial charge in [0.2, 0.25) is 0 Å². The molecule has 4 heteroatoms. The molecule has 0 atom stereocenters. The van der Waals surface area contributed by atoms with Crippen LogP contribution in [0, 0.1) is 0 Å². The van der Waals surface area contributed by atoms with Crippen LogP contribution in [0.1, 0.15) is 0 Å². The number of nitrogens with zero attached hydrogens (tertiary/aromatic N) is 4. The zero-order valence-corrected chi connectivity index (χ0v) is 30.9. The van der Waals surface area contributed by atoms with Gasteiger partial charge in [-0.05, 0) is 62.7 Å². The van der Waals surface area contributed by atoms with Gasteiger partial charge >= 0.3 is 0 Å². The predicted octanol–water partition coefficient (Wildman–Crippen LogP) is 13.6. The van der Waals surface area contributed by atoms with Crippen molar-refractivity contribution in [1.82, 2.24) is 19.5 Å². The lowest BCUT2D eigenvalue weighted by atomic mass is 9.96. The largest absolute Gasteiger partial charge is 0.309 e. The SMILES string of the molecule is c1ccc(-c2ccc(-c3nc(-c4ccccc4)nc(-c4cc(-c5ccccc5)c5c6ccccc6n(-c6cc7ccccc7c7ccccc67)c5c4)n3)cc2)cc1. The Kier molecular flexibility index (Phi) is 7.78. The first-order chi connectivity index (χ1) is 28.3. The number of benzene rings is 9. The van der Waals surface area contributed by atoms with Crippen molar-refractivity contribution < 1.29 is 0 Å². The zero-order valence-electron chi connectivity index (χ0n) is 30.9. The van der Waals surface area contributed by atoms with Gasteiger partial charge in [0.1, 0.15) is 0 Å². The summed E-state index contributed by atoms with van der Waals surface area (Å²) >= 11 is 0. The summed E-state index contributed by atoms with van der Waals surface area (Å²) in [6.07, 6.45) is 0. The molecule has 0 aliphatic rings. The standard InChI is InChI=1S/C53H34N4/c1-4-16-35(17-5-1)36-28-30-39(31-29-36)52-54-51(38-20-8-3-9-21-38)55-53(56-52)41-32-46(37-18-6-2-7-19-37)50-45-26-14-15-27-47(45)57(49(50)34-41)48-33-40-22-10-11-23-42(40)43-24-12-13-25-44(43)48/h1-34H. The number of hydrogen-bond acceptors (Lipinski definition) is 3. The summed E-state index contributed by atoms with van der Waals surface area (Å²) in [6.45, 7) is 0. The van der Waals surface area contributed by atoms with Gasteiger partial charge in [-0.1, -0.05) is 182 Å². The maximum absolute atomic E-state index is 5.26. The molecule has 57 heavy (non-hydrogen) atoms. The second kappa shape index (κ2) is 13.6. The third-order valence-electron chi connectivity index (χ3n) is 11.0. The van der Waals surface area contributed by atoms with Crippen LogP contribution in [-0.2, 0) is 0 Å². The average molecular weight is 727 g/mol. The van der Waals surface area contributed by atoms with Crippen molar-refractivity contribution in [2.24, 2.45) is 0 Å². The van der Waals surface area contributed by atoms with E-state index in [9.17, 15) is 0 Å². The van der Waals surface area contributed by atoms with Gasteiger partial charge in [-0.25, -0.2) is 15.0 Å². The molecule has 2 heterocycles. The summed E-state index contributed by atoms with van der Waals surface area (Å²) in [6, 6.07) is 72.9. The van der Waals surface area contributed by atoms with E-state index >= 15 is 0 Å². The lowest BCUT2D eigenvalue weighted by Crippen LogP contribution is -2.01. The van der Waals surface area contributed by atoms with Gasteiger partial charge < -0.3 is 4.57 Å². The summed E-state index contributed by atoms with van der Waals surface area (Å²) in [7, 11) is 0. The maximum Gasteiger partial charge on any atom is 0.164 e. The van der Waals surface area contributed by atoms with Crippen molar-refractivity contribution in [1.29, 1.82) is 0 Å². The van der Waals surface area contributed by atoms with Crippen molar-refractivity contribution in [2.45, 2.75) is 0 Å². The van der Waals surface area contributed by atoms with Crippen LogP contribution >= 0.6 is 0 Å². The fourth-order valence-electron chi connectivity index (χ4n) is 8.34. The van der Waals surface area contributed by atoms with Crippen molar-refractivity contribution in [3.05, 3.63) is 206 Å². The Morgan fingerprint density at radius 3 is 1.46 bits per heavy atom. The molecule has 0 fully saturated rings. The van der Waals surface area contributed by atoms with Crippen LogP contribution in [0.4, 0.5) is 0 Å². The van der Waals surface area contributed by atoms with Crippen molar-refractivity contribution >= 4 is 43.4 Å². The first-order valence-corrected chi connectivity index (χ1v) is 19.3. The lowest BCUT2D eigenvalue weighted by Gasteiger charge is -2.16. The van der Waals surface area contributed by atoms with Crippen LogP contribution in [0.3, 0.4) is 0 Å². The second-order valence-corrected chi connectivity index (χ2v) is 14.4. The van der Waals surface area contributed by atoms with E-state index in [0.29, 0.717) is 17.5 Å². The zero-order chi connectivity index (χ0) is 37.7. The molecule has 0 N–H and O–H groups in total. The summed E-state index contributed by atoms with van der Waals surface area (Å²) < 4.78 is 2.44. The third kappa shape index (κ3) is 5.66. The number of rotatable bonds is 6. The van der Waals surface area contributed by atoms with E-state index in [2.05, 4.69) is 187 Å². The Bertz CT molecular complexity index is 3260. The summed E-state index contributed by atoms with van der Waals surface area (Å²) in [4.78, 5) is 15.6. The van der Waals surface area contributed by atoms with Crippen LogP contribution in [0.15, 0.2) is 206 Å². The van der Waals surface area contributed by atoms with Crippen LogP contribution in [0.2, 0.25) is 0 Å². The van der Waals surface area contributed by atoms with E-state index in [0.717, 1.165) is 50.1 Å². The van der Waals surface area contributed by atoms with E-state index in [-0.39, 0.29) is 0 Å². The van der Waals surface area contributed by atoms with Crippen molar-refractivity contribution in [3.63, 3.8) is 0 Å². The smallest absolute Gasteiger partial charge is 0.164 e. The number of aromatic nitrogens is 4. The van der Waals surface area contributed by atoms with E-state index in [1.54, 1.807) is 0 Å². The van der Waals surface area contributed by atoms with E-state index in [1.165, 1.54) is 37.9 Å². The highest BCUT2D eigenvalue weighted by Crippen LogP contribution is 2.43. The molecule has 0 spiro atoms. The Morgan fingerprint density at radius 2 is 0.772 bits per heavy atom. The molecular weight excluding hydrogens is 693 g/mol. The first kappa shape index (κ1) is 32.7.